The molecule has 2 atom stereocenters. The van der Waals surface area contributed by atoms with E-state index in [1.54, 1.807) is 36.4 Å². The van der Waals surface area contributed by atoms with Gasteiger partial charge in [0.05, 0.1) is 17.3 Å². The minimum Gasteiger partial charge on any atom is -0.459 e. The van der Waals surface area contributed by atoms with E-state index in [4.69, 9.17) is 4.74 Å². The Morgan fingerprint density at radius 2 is 1.88 bits per heavy atom. The molecule has 3 aromatic rings. The maximum Gasteiger partial charge on any atom is 0.416 e. The highest BCUT2D eigenvalue weighted by molar-refractivity contribution is 5.99. The third-order valence-electron chi connectivity index (χ3n) is 7.29. The molecule has 11 heteroatoms. The zero-order valence-corrected chi connectivity index (χ0v) is 21.9. The van der Waals surface area contributed by atoms with E-state index in [2.05, 4.69) is 4.98 Å². The molecular weight excluding hydrogens is 540 g/mol. The first-order chi connectivity index (χ1) is 19.7. The summed E-state index contributed by atoms with van der Waals surface area (Å²) in [5.41, 5.74) is -1.05. The quantitative estimate of drug-likeness (QED) is 0.240. The molecule has 2 fully saturated rings. The second-order valence-electron chi connectivity index (χ2n) is 10.1. The molecular formula is C30H26F4N4O3. The molecule has 1 saturated carbocycles. The fraction of sp³-hybridized carbons (Fsp3) is 0.333. The Balaban J connectivity index is 1.65. The van der Waals surface area contributed by atoms with Crippen molar-refractivity contribution in [3.05, 3.63) is 95.1 Å². The van der Waals surface area contributed by atoms with Crippen LogP contribution >= 0.6 is 0 Å². The summed E-state index contributed by atoms with van der Waals surface area (Å²) < 4.78 is 63.9. The van der Waals surface area contributed by atoms with Gasteiger partial charge in [-0.15, -0.1) is 0 Å². The van der Waals surface area contributed by atoms with Crippen LogP contribution in [-0.4, -0.2) is 34.5 Å². The SMILES string of the molecule is N#C[C@@H]1CCCN1C(=O)N(c1ccc(C2CC2)cc1F)C(C(=O)OCc1ccccc1)c1cnccc1C(F)(F)F. The second-order valence-corrected chi connectivity index (χ2v) is 10.1. The molecule has 0 radical (unpaired) electrons. The van der Waals surface area contributed by atoms with Crippen LogP contribution in [0.15, 0.2) is 67.0 Å². The average Bonchev–Trinajstić information content (AvgIpc) is 3.71. The summed E-state index contributed by atoms with van der Waals surface area (Å²) in [6, 6.07) is 11.4. The fourth-order valence-corrected chi connectivity index (χ4v) is 5.07. The maximum atomic E-state index is 15.8. The molecule has 2 aromatic carbocycles. The van der Waals surface area contributed by atoms with Crippen molar-refractivity contribution in [2.75, 3.05) is 11.4 Å². The zero-order chi connectivity index (χ0) is 29.1. The van der Waals surface area contributed by atoms with Gasteiger partial charge in [0, 0.05) is 24.5 Å². The lowest BCUT2D eigenvalue weighted by Crippen LogP contribution is -2.49. The minimum absolute atomic E-state index is 0.111. The number of nitriles is 1. The summed E-state index contributed by atoms with van der Waals surface area (Å²) in [4.78, 5) is 33.5. The van der Waals surface area contributed by atoms with E-state index < -0.39 is 52.9 Å². The molecule has 212 valence electrons. The van der Waals surface area contributed by atoms with Crippen LogP contribution in [0.4, 0.5) is 28.0 Å². The number of rotatable bonds is 7. The Morgan fingerprint density at radius 1 is 1.12 bits per heavy atom. The van der Waals surface area contributed by atoms with Crippen LogP contribution in [0.2, 0.25) is 0 Å². The monoisotopic (exact) mass is 566 g/mol. The summed E-state index contributed by atoms with van der Waals surface area (Å²) in [6.07, 6.45) is -0.631. The second kappa shape index (κ2) is 11.6. The van der Waals surface area contributed by atoms with Gasteiger partial charge >= 0.3 is 18.2 Å². The number of alkyl halides is 3. The molecule has 1 unspecified atom stereocenters. The lowest BCUT2D eigenvalue weighted by molar-refractivity contribution is -0.147. The molecule has 2 heterocycles. The Kier molecular flexibility index (Phi) is 7.92. The van der Waals surface area contributed by atoms with Gasteiger partial charge in [-0.2, -0.15) is 18.4 Å². The predicted octanol–water partition coefficient (Wildman–Crippen LogP) is 6.52. The molecule has 2 aliphatic rings. The Hall–Kier alpha value is -4.46. The fourth-order valence-electron chi connectivity index (χ4n) is 5.07. The molecule has 41 heavy (non-hydrogen) atoms. The summed E-state index contributed by atoms with van der Waals surface area (Å²) in [5.74, 6) is -1.93. The smallest absolute Gasteiger partial charge is 0.416 e. The van der Waals surface area contributed by atoms with Crippen LogP contribution in [0.3, 0.4) is 0 Å². The van der Waals surface area contributed by atoms with Crippen LogP contribution in [-0.2, 0) is 22.3 Å². The van der Waals surface area contributed by atoms with Gasteiger partial charge in [-0.05, 0) is 60.9 Å². The van der Waals surface area contributed by atoms with Crippen LogP contribution in [0.5, 0.6) is 0 Å². The van der Waals surface area contributed by atoms with Crippen molar-refractivity contribution < 1.29 is 31.9 Å². The highest BCUT2D eigenvalue weighted by Gasteiger charge is 2.45. The highest BCUT2D eigenvalue weighted by Crippen LogP contribution is 2.43. The zero-order valence-electron chi connectivity index (χ0n) is 21.9. The van der Waals surface area contributed by atoms with Gasteiger partial charge in [-0.3, -0.25) is 9.88 Å². The molecule has 5 rings (SSSR count). The first kappa shape index (κ1) is 28.1. The largest absolute Gasteiger partial charge is 0.459 e. The lowest BCUT2D eigenvalue weighted by atomic mass is 9.99. The number of carbonyl (C=O) groups excluding carboxylic acids is 2. The molecule has 1 aromatic heterocycles. The standard InChI is InChI=1S/C30H26F4N4O3/c31-25-15-21(20-8-9-20)10-11-26(25)38(29(40)37-14-4-7-22(37)16-35)27(23-17-36-13-12-24(23)30(32,33)34)28(39)41-18-19-5-2-1-3-6-19/h1-3,5-6,10-13,15,17,20,22,27H,4,7-9,14,18H2/t22-,27?/m0/s1. The van der Waals surface area contributed by atoms with Gasteiger partial charge < -0.3 is 9.64 Å². The molecule has 0 bridgehead atoms. The first-order valence-electron chi connectivity index (χ1n) is 13.2. The van der Waals surface area contributed by atoms with E-state index in [0.29, 0.717) is 34.9 Å². The van der Waals surface area contributed by atoms with Gasteiger partial charge in [0.2, 0.25) is 0 Å². The number of pyridine rings is 1. The van der Waals surface area contributed by atoms with Crippen molar-refractivity contribution in [2.45, 2.75) is 56.5 Å². The highest BCUT2D eigenvalue weighted by atomic mass is 19.4. The molecule has 0 spiro atoms. The number of ether oxygens (including phenoxy) is 1. The van der Waals surface area contributed by atoms with E-state index in [0.717, 1.165) is 30.1 Å². The number of halogens is 4. The Bertz CT molecular complexity index is 1470. The number of hydrogen-bond acceptors (Lipinski definition) is 5. The van der Waals surface area contributed by atoms with Crippen molar-refractivity contribution in [1.29, 1.82) is 5.26 Å². The van der Waals surface area contributed by atoms with Crippen molar-refractivity contribution in [3.63, 3.8) is 0 Å². The number of anilines is 1. The van der Waals surface area contributed by atoms with E-state index in [-0.39, 0.29) is 19.1 Å². The molecule has 7 nitrogen and oxygen atoms in total. The number of hydrogen-bond donors (Lipinski definition) is 0. The number of amides is 2. The Labute approximate surface area is 234 Å². The third kappa shape index (κ3) is 6.01. The van der Waals surface area contributed by atoms with Crippen LogP contribution in [0.25, 0.3) is 0 Å². The number of aromatic nitrogens is 1. The van der Waals surface area contributed by atoms with Crippen LogP contribution in [0, 0.1) is 17.1 Å². The van der Waals surface area contributed by atoms with E-state index in [9.17, 15) is 28.0 Å². The van der Waals surface area contributed by atoms with Gasteiger partial charge in [0.25, 0.3) is 0 Å². The minimum atomic E-state index is -4.93. The average molecular weight is 567 g/mol. The number of urea groups is 1. The number of benzene rings is 2. The van der Waals surface area contributed by atoms with Gasteiger partial charge in [-0.1, -0.05) is 36.4 Å². The van der Waals surface area contributed by atoms with Crippen LogP contribution < -0.4 is 4.90 Å². The van der Waals surface area contributed by atoms with E-state index in [1.807, 2.05) is 6.07 Å². The number of carbonyl (C=O) groups is 2. The third-order valence-corrected chi connectivity index (χ3v) is 7.29. The summed E-state index contributed by atoms with van der Waals surface area (Å²) in [6.45, 7) is -0.187. The Morgan fingerprint density at radius 3 is 2.54 bits per heavy atom. The molecule has 0 N–H and O–H groups in total. The van der Waals surface area contributed by atoms with E-state index >= 15 is 4.39 Å². The molecule has 1 aliphatic carbocycles. The summed E-state index contributed by atoms with van der Waals surface area (Å²) >= 11 is 0. The first-order valence-corrected chi connectivity index (χ1v) is 13.2. The van der Waals surface area contributed by atoms with Gasteiger partial charge in [-0.25, -0.2) is 14.0 Å². The number of likely N-dealkylation sites (tertiary alicyclic amines) is 1. The van der Waals surface area contributed by atoms with Gasteiger partial charge in [0.15, 0.2) is 6.04 Å². The normalized spacial score (nSPS) is 17.5. The van der Waals surface area contributed by atoms with Gasteiger partial charge in [0.1, 0.15) is 18.5 Å². The van der Waals surface area contributed by atoms with Crippen molar-refractivity contribution in [3.8, 4) is 6.07 Å². The molecule has 1 saturated heterocycles. The topological polar surface area (TPSA) is 86.5 Å². The summed E-state index contributed by atoms with van der Waals surface area (Å²) in [7, 11) is 0. The number of nitrogens with zero attached hydrogens (tertiary/aromatic N) is 4. The van der Waals surface area contributed by atoms with Crippen molar-refractivity contribution >= 4 is 17.7 Å². The predicted molar refractivity (Wildman–Crippen MR) is 140 cm³/mol. The maximum absolute atomic E-state index is 15.8. The summed E-state index contributed by atoms with van der Waals surface area (Å²) in [5, 5.41) is 9.64. The van der Waals surface area contributed by atoms with Crippen molar-refractivity contribution in [1.82, 2.24) is 9.88 Å². The lowest BCUT2D eigenvalue weighted by Gasteiger charge is -2.35. The van der Waals surface area contributed by atoms with E-state index in [1.165, 1.54) is 12.1 Å². The van der Waals surface area contributed by atoms with Crippen molar-refractivity contribution in [2.24, 2.45) is 0 Å². The van der Waals surface area contributed by atoms with Crippen LogP contribution in [0.1, 0.15) is 59.9 Å². The molecule has 2 amide bonds. The number of esters is 1. The molecule has 1 aliphatic heterocycles.